The minimum Gasteiger partial charge on any atom is -0.298 e. The number of Topliss-reactive ketones (excluding diaryl/α,β-unsaturated/α-hetero) is 1. The molecule has 36 heavy (non-hydrogen) atoms. The molecule has 0 aromatic heterocycles. The van der Waals surface area contributed by atoms with Gasteiger partial charge in [0.05, 0.1) is 13.1 Å². The molecule has 0 radical (unpaired) electrons. The predicted molar refractivity (Wildman–Crippen MR) is 153 cm³/mol. The Kier molecular flexibility index (Phi) is 8.27. The zero-order valence-corrected chi connectivity index (χ0v) is 22.4. The molecule has 0 bridgehead atoms. The number of nitrogens with zero attached hydrogens (tertiary/aromatic N) is 2. The Labute approximate surface area is 220 Å². The highest BCUT2D eigenvalue weighted by Crippen LogP contribution is 2.28. The van der Waals surface area contributed by atoms with Crippen LogP contribution in [-0.2, 0) is 0 Å². The van der Waals surface area contributed by atoms with E-state index in [0.717, 1.165) is 25.1 Å². The van der Waals surface area contributed by atoms with Crippen molar-refractivity contribution in [1.29, 1.82) is 0 Å². The minimum atomic E-state index is -0.178. The molecule has 3 aromatic carbocycles. The third-order valence-electron chi connectivity index (χ3n) is 8.19. The van der Waals surface area contributed by atoms with Crippen molar-refractivity contribution in [3.8, 4) is 0 Å². The SMILES string of the molecule is CC([BH2-]C1CC[N+](CC(=O)c2ccc(Sc3ccccc3)cc2)=C2CCCCCN21)c1ccccc1. The number of hydrogen-bond donors (Lipinski definition) is 0. The van der Waals surface area contributed by atoms with Crippen molar-refractivity contribution in [2.24, 2.45) is 0 Å². The van der Waals surface area contributed by atoms with Crippen molar-refractivity contribution in [1.82, 2.24) is 4.90 Å². The zero-order chi connectivity index (χ0) is 24.7. The van der Waals surface area contributed by atoms with Gasteiger partial charge in [-0.1, -0.05) is 84.9 Å². The number of carbonyl (C=O) groups excluding carboxylic acids is 1. The van der Waals surface area contributed by atoms with Crippen molar-refractivity contribution in [2.75, 3.05) is 19.6 Å². The maximum Gasteiger partial charge on any atom is 0.244 e. The fourth-order valence-electron chi connectivity index (χ4n) is 6.18. The van der Waals surface area contributed by atoms with Gasteiger partial charge in [-0.25, -0.2) is 0 Å². The molecule has 1 saturated heterocycles. The number of ketones is 1. The summed E-state index contributed by atoms with van der Waals surface area (Å²) in [7, 11) is -0.178. The Morgan fingerprint density at radius 1 is 0.944 bits per heavy atom. The van der Waals surface area contributed by atoms with Crippen LogP contribution in [0.1, 0.15) is 60.8 Å². The number of fused-ring (bicyclic) bond motifs is 1. The van der Waals surface area contributed by atoms with E-state index in [9.17, 15) is 4.79 Å². The van der Waals surface area contributed by atoms with Gasteiger partial charge >= 0.3 is 0 Å². The van der Waals surface area contributed by atoms with E-state index in [-0.39, 0.29) is 13.1 Å². The monoisotopic (exact) mass is 496 g/mol. The molecule has 0 saturated carbocycles. The van der Waals surface area contributed by atoms with Gasteiger partial charge in [-0.2, -0.15) is 0 Å². The lowest BCUT2D eigenvalue weighted by molar-refractivity contribution is -0.527. The van der Waals surface area contributed by atoms with Crippen LogP contribution in [0.3, 0.4) is 0 Å². The topological polar surface area (TPSA) is 23.3 Å². The quantitative estimate of drug-likeness (QED) is 0.218. The Morgan fingerprint density at radius 2 is 1.64 bits per heavy atom. The molecule has 5 rings (SSSR count). The molecule has 2 unspecified atom stereocenters. The van der Waals surface area contributed by atoms with Crippen LogP contribution in [0.2, 0.25) is 0 Å². The number of benzene rings is 3. The molecule has 0 N–H and O–H groups in total. The van der Waals surface area contributed by atoms with E-state index in [1.54, 1.807) is 11.8 Å². The van der Waals surface area contributed by atoms with Crippen LogP contribution >= 0.6 is 11.8 Å². The largest absolute Gasteiger partial charge is 0.298 e. The first kappa shape index (κ1) is 24.9. The average Bonchev–Trinajstić information content (AvgIpc) is 3.18. The highest BCUT2D eigenvalue weighted by Gasteiger charge is 2.34. The van der Waals surface area contributed by atoms with Gasteiger partial charge in [0.15, 0.2) is 0 Å². The van der Waals surface area contributed by atoms with Crippen LogP contribution in [0.5, 0.6) is 0 Å². The summed E-state index contributed by atoms with van der Waals surface area (Å²) in [6, 6.07) is 29.6. The van der Waals surface area contributed by atoms with E-state index in [4.69, 9.17) is 0 Å². The molecule has 5 heteroatoms. The second kappa shape index (κ2) is 12.0. The van der Waals surface area contributed by atoms with Crippen LogP contribution in [0.15, 0.2) is 94.7 Å². The molecule has 2 atom stereocenters. The maximum absolute atomic E-state index is 13.3. The first-order valence-electron chi connectivity index (χ1n) is 13.8. The summed E-state index contributed by atoms with van der Waals surface area (Å²) in [5.74, 6) is 3.03. The molecule has 1 fully saturated rings. The molecule has 2 aliphatic rings. The molecule has 2 heterocycles. The van der Waals surface area contributed by atoms with Crippen LogP contribution in [0.25, 0.3) is 0 Å². The fraction of sp³-hybridized carbons (Fsp3) is 0.355. The Bertz CT molecular complexity index is 1180. The Balaban J connectivity index is 1.28. The second-order valence-electron chi connectivity index (χ2n) is 10.7. The summed E-state index contributed by atoms with van der Waals surface area (Å²) in [5.41, 5.74) is 2.31. The van der Waals surface area contributed by atoms with E-state index < -0.39 is 0 Å². The number of hydrogen-bond acceptors (Lipinski definition) is 3. The third kappa shape index (κ3) is 6.12. The normalized spacial score (nSPS) is 18.9. The smallest absolute Gasteiger partial charge is 0.244 e. The van der Waals surface area contributed by atoms with E-state index in [0.29, 0.717) is 18.3 Å². The molecule has 0 aliphatic carbocycles. The van der Waals surface area contributed by atoms with Gasteiger partial charge in [-0.3, -0.25) is 14.3 Å². The van der Waals surface area contributed by atoms with Crippen LogP contribution < -0.4 is 0 Å². The van der Waals surface area contributed by atoms with E-state index in [1.807, 2.05) is 18.2 Å². The lowest BCUT2D eigenvalue weighted by atomic mass is 9.55. The molecule has 2 aliphatic heterocycles. The minimum absolute atomic E-state index is 0.178. The molecule has 3 aromatic rings. The number of amidine groups is 1. The van der Waals surface area contributed by atoms with Crippen molar-refractivity contribution in [2.45, 2.75) is 60.6 Å². The molecular weight excluding hydrogens is 459 g/mol. The number of carbonyl (C=O) groups is 1. The molecule has 186 valence electrons. The van der Waals surface area contributed by atoms with Crippen molar-refractivity contribution >= 4 is 30.7 Å². The van der Waals surface area contributed by atoms with Crippen molar-refractivity contribution in [3.63, 3.8) is 0 Å². The van der Waals surface area contributed by atoms with E-state index in [1.165, 1.54) is 46.9 Å². The zero-order valence-electron chi connectivity index (χ0n) is 21.6. The van der Waals surface area contributed by atoms with Gasteiger partial charge in [0.25, 0.3) is 0 Å². The third-order valence-corrected chi connectivity index (χ3v) is 9.20. The second-order valence-corrected chi connectivity index (χ2v) is 11.9. The van der Waals surface area contributed by atoms with Gasteiger partial charge in [-0.15, -0.1) is 5.82 Å². The number of rotatable bonds is 8. The van der Waals surface area contributed by atoms with E-state index in [2.05, 4.69) is 83.1 Å². The highest BCUT2D eigenvalue weighted by atomic mass is 32.2. The van der Waals surface area contributed by atoms with Crippen molar-refractivity contribution in [3.05, 3.63) is 96.1 Å². The summed E-state index contributed by atoms with van der Waals surface area (Å²) in [5, 5.41) is 0. The van der Waals surface area contributed by atoms with Gasteiger partial charge in [0.2, 0.25) is 11.6 Å². The summed E-state index contributed by atoms with van der Waals surface area (Å²) in [4.78, 5) is 18.4. The van der Waals surface area contributed by atoms with E-state index >= 15 is 0 Å². The first-order chi connectivity index (χ1) is 17.7. The van der Waals surface area contributed by atoms with Crippen LogP contribution in [0, 0.1) is 0 Å². The van der Waals surface area contributed by atoms with Crippen LogP contribution in [-0.4, -0.2) is 53.9 Å². The predicted octanol–water partition coefficient (Wildman–Crippen LogP) is 5.97. The van der Waals surface area contributed by atoms with Crippen molar-refractivity contribution < 1.29 is 9.37 Å². The molecule has 3 nitrogen and oxygen atoms in total. The lowest BCUT2D eigenvalue weighted by Crippen LogP contribution is -2.53. The van der Waals surface area contributed by atoms with Gasteiger partial charge < -0.3 is 0 Å². The first-order valence-corrected chi connectivity index (χ1v) is 14.6. The maximum atomic E-state index is 13.3. The van der Waals surface area contributed by atoms with Gasteiger partial charge in [-0.05, 0) is 55.9 Å². The molecule has 0 spiro atoms. The summed E-state index contributed by atoms with van der Waals surface area (Å²) < 4.78 is 2.41. The Hall–Kier alpha value is -2.79. The van der Waals surface area contributed by atoms with Gasteiger partial charge in [0.1, 0.15) is 6.54 Å². The molecule has 0 amide bonds. The summed E-state index contributed by atoms with van der Waals surface area (Å²) >= 11 is 1.74. The lowest BCUT2D eigenvalue weighted by Gasteiger charge is -2.38. The highest BCUT2D eigenvalue weighted by molar-refractivity contribution is 7.99. The van der Waals surface area contributed by atoms with Gasteiger partial charge in [0, 0.05) is 29.1 Å². The standard InChI is InChI=1S/C31H37BN2OS/c1-24(25-11-5-2-6-12-25)32-30-20-22-33(31-15-9-4-10-21-34(30)31)23-29(35)26-16-18-28(19-17-26)36-27-13-7-3-8-14-27/h2-3,5-8,11-14,16-19,24,30H,4,9-10,15,20-23,32H2,1H3. The average molecular weight is 497 g/mol. The fourth-order valence-corrected chi connectivity index (χ4v) is 7.02. The van der Waals surface area contributed by atoms with Crippen LogP contribution in [0.4, 0.5) is 0 Å². The summed E-state index contributed by atoms with van der Waals surface area (Å²) in [6.07, 6.45) is 6.10. The summed E-state index contributed by atoms with van der Waals surface area (Å²) in [6.45, 7) is 5.08. The Morgan fingerprint density at radius 3 is 2.39 bits per heavy atom. The molecular formula is C31H37BN2OS.